The Morgan fingerprint density at radius 2 is 1.78 bits per heavy atom. The summed E-state index contributed by atoms with van der Waals surface area (Å²) < 4.78 is 7.43. The number of nitrogens with zero attached hydrogens (tertiary/aromatic N) is 3. The molecule has 1 aliphatic carbocycles. The van der Waals surface area contributed by atoms with Crippen molar-refractivity contribution in [3.63, 3.8) is 0 Å². The number of carbonyl (C=O) groups excluding carboxylic acids is 1. The summed E-state index contributed by atoms with van der Waals surface area (Å²) in [7, 11) is 1.84. The lowest BCUT2D eigenvalue weighted by atomic mass is 10.1. The quantitative estimate of drug-likeness (QED) is 0.637. The third-order valence-corrected chi connectivity index (χ3v) is 4.76. The molecule has 1 fully saturated rings. The van der Waals surface area contributed by atoms with E-state index in [1.165, 1.54) is 18.4 Å². The van der Waals surface area contributed by atoms with Crippen molar-refractivity contribution >= 4 is 5.91 Å². The first-order valence-electron chi connectivity index (χ1n) is 9.26. The van der Waals surface area contributed by atoms with Crippen molar-refractivity contribution in [2.75, 3.05) is 13.6 Å². The van der Waals surface area contributed by atoms with Crippen molar-refractivity contribution in [2.24, 2.45) is 5.92 Å². The lowest BCUT2D eigenvalue weighted by molar-refractivity contribution is 0.0780. The number of hydrogen-bond donors (Lipinski definition) is 0. The van der Waals surface area contributed by atoms with Crippen molar-refractivity contribution in [2.45, 2.75) is 19.6 Å². The highest BCUT2D eigenvalue weighted by Gasteiger charge is 2.26. The first kappa shape index (κ1) is 17.3. The monoisotopic (exact) mass is 361 g/mol. The molecule has 138 valence electrons. The van der Waals surface area contributed by atoms with Gasteiger partial charge in [-0.25, -0.2) is 4.68 Å². The van der Waals surface area contributed by atoms with E-state index in [0.717, 1.165) is 17.9 Å². The minimum absolute atomic E-state index is 0.0344. The molecule has 0 saturated heterocycles. The molecule has 27 heavy (non-hydrogen) atoms. The van der Waals surface area contributed by atoms with Crippen LogP contribution in [0.2, 0.25) is 0 Å². The van der Waals surface area contributed by atoms with Gasteiger partial charge in [0.1, 0.15) is 11.4 Å². The molecule has 0 radical (unpaired) electrons. The maximum Gasteiger partial charge on any atom is 0.274 e. The summed E-state index contributed by atoms with van der Waals surface area (Å²) in [5.74, 6) is 1.40. The summed E-state index contributed by atoms with van der Waals surface area (Å²) in [6.07, 6.45) is 4.22. The number of amides is 1. The van der Waals surface area contributed by atoms with E-state index < -0.39 is 0 Å². The molecule has 0 spiro atoms. The molecule has 5 nitrogen and oxygen atoms in total. The van der Waals surface area contributed by atoms with Crippen LogP contribution in [0, 0.1) is 5.92 Å². The minimum Gasteiger partial charge on any atom is -0.471 e. The van der Waals surface area contributed by atoms with E-state index in [2.05, 4.69) is 17.2 Å². The van der Waals surface area contributed by atoms with Gasteiger partial charge in [0.15, 0.2) is 6.73 Å². The maximum atomic E-state index is 12.4. The molecule has 5 heteroatoms. The molecule has 1 amide bonds. The Hall–Kier alpha value is -3.08. The van der Waals surface area contributed by atoms with Gasteiger partial charge in [-0.15, -0.1) is 0 Å². The lowest BCUT2D eigenvalue weighted by Crippen LogP contribution is -2.29. The van der Waals surface area contributed by atoms with Crippen LogP contribution in [0.4, 0.5) is 0 Å². The number of benzene rings is 2. The van der Waals surface area contributed by atoms with E-state index in [9.17, 15) is 4.79 Å². The van der Waals surface area contributed by atoms with E-state index >= 15 is 0 Å². The highest BCUT2D eigenvalue weighted by Crippen LogP contribution is 2.29. The Bertz CT molecular complexity index is 899. The van der Waals surface area contributed by atoms with Crippen LogP contribution in [-0.2, 0) is 6.73 Å². The average Bonchev–Trinajstić information content (AvgIpc) is 3.40. The van der Waals surface area contributed by atoms with Crippen LogP contribution in [0.3, 0.4) is 0 Å². The topological polar surface area (TPSA) is 47.4 Å². The minimum atomic E-state index is -0.0344. The third-order valence-electron chi connectivity index (χ3n) is 4.76. The molecular weight excluding hydrogens is 338 g/mol. The van der Waals surface area contributed by atoms with Crippen LogP contribution in [-0.4, -0.2) is 34.2 Å². The fourth-order valence-corrected chi connectivity index (χ4v) is 3.03. The van der Waals surface area contributed by atoms with Crippen LogP contribution in [0.15, 0.2) is 66.9 Å². The molecule has 0 bridgehead atoms. The van der Waals surface area contributed by atoms with Gasteiger partial charge in [-0.3, -0.25) is 4.79 Å². The van der Waals surface area contributed by atoms with Gasteiger partial charge >= 0.3 is 0 Å². The Labute approximate surface area is 159 Å². The molecule has 1 aliphatic rings. The molecule has 1 aromatic heterocycles. The van der Waals surface area contributed by atoms with Gasteiger partial charge in [-0.1, -0.05) is 42.5 Å². The van der Waals surface area contributed by atoms with Crippen molar-refractivity contribution in [3.05, 3.63) is 72.6 Å². The molecule has 0 atom stereocenters. The molecule has 0 aliphatic heterocycles. The molecule has 2 aromatic carbocycles. The fourth-order valence-electron chi connectivity index (χ4n) is 3.03. The normalized spacial score (nSPS) is 13.4. The third kappa shape index (κ3) is 4.37. The van der Waals surface area contributed by atoms with Crippen molar-refractivity contribution in [3.8, 4) is 16.9 Å². The second kappa shape index (κ2) is 7.66. The van der Waals surface area contributed by atoms with Gasteiger partial charge in [-0.05, 0) is 48.1 Å². The van der Waals surface area contributed by atoms with Crippen LogP contribution in [0.25, 0.3) is 11.1 Å². The highest BCUT2D eigenvalue weighted by atomic mass is 16.5. The molecule has 4 rings (SSSR count). The second-order valence-electron chi connectivity index (χ2n) is 7.03. The van der Waals surface area contributed by atoms with Crippen LogP contribution >= 0.6 is 0 Å². The zero-order chi connectivity index (χ0) is 18.6. The van der Waals surface area contributed by atoms with Crippen molar-refractivity contribution in [1.82, 2.24) is 14.7 Å². The van der Waals surface area contributed by atoms with E-state index in [-0.39, 0.29) is 12.6 Å². The van der Waals surface area contributed by atoms with Gasteiger partial charge < -0.3 is 9.64 Å². The Balaban J connectivity index is 1.33. The van der Waals surface area contributed by atoms with Gasteiger partial charge in [0.2, 0.25) is 0 Å². The Morgan fingerprint density at radius 1 is 1.07 bits per heavy atom. The number of rotatable bonds is 7. The van der Waals surface area contributed by atoms with E-state index in [0.29, 0.717) is 11.6 Å². The van der Waals surface area contributed by atoms with E-state index in [4.69, 9.17) is 4.74 Å². The van der Waals surface area contributed by atoms with Gasteiger partial charge in [0, 0.05) is 19.8 Å². The zero-order valence-corrected chi connectivity index (χ0v) is 15.4. The van der Waals surface area contributed by atoms with Gasteiger partial charge in [-0.2, -0.15) is 5.10 Å². The first-order chi connectivity index (χ1) is 13.2. The summed E-state index contributed by atoms with van der Waals surface area (Å²) in [6.45, 7) is 1.08. The lowest BCUT2D eigenvalue weighted by Gasteiger charge is -2.14. The smallest absolute Gasteiger partial charge is 0.274 e. The second-order valence-corrected chi connectivity index (χ2v) is 7.03. The van der Waals surface area contributed by atoms with Gasteiger partial charge in [0.25, 0.3) is 5.91 Å². The zero-order valence-electron chi connectivity index (χ0n) is 15.4. The molecule has 1 heterocycles. The summed E-state index contributed by atoms with van der Waals surface area (Å²) >= 11 is 0. The predicted molar refractivity (Wildman–Crippen MR) is 104 cm³/mol. The molecule has 1 saturated carbocycles. The van der Waals surface area contributed by atoms with Crippen LogP contribution in [0.1, 0.15) is 23.3 Å². The largest absolute Gasteiger partial charge is 0.471 e. The fraction of sp³-hybridized carbons (Fsp3) is 0.273. The first-order valence-corrected chi connectivity index (χ1v) is 9.26. The summed E-state index contributed by atoms with van der Waals surface area (Å²) in [5, 5.41) is 4.34. The van der Waals surface area contributed by atoms with Crippen molar-refractivity contribution in [1.29, 1.82) is 0 Å². The van der Waals surface area contributed by atoms with Crippen LogP contribution in [0.5, 0.6) is 5.75 Å². The Kier molecular flexibility index (Phi) is 4.92. The summed E-state index contributed by atoms with van der Waals surface area (Å²) in [4.78, 5) is 14.1. The van der Waals surface area contributed by atoms with Crippen LogP contribution < -0.4 is 4.74 Å². The van der Waals surface area contributed by atoms with Crippen molar-refractivity contribution < 1.29 is 9.53 Å². The molecular formula is C22H23N3O2. The molecule has 3 aromatic rings. The Morgan fingerprint density at radius 3 is 2.48 bits per heavy atom. The van der Waals surface area contributed by atoms with E-state index in [1.54, 1.807) is 21.8 Å². The number of ether oxygens (including phenoxy) is 1. The maximum absolute atomic E-state index is 12.4. The van der Waals surface area contributed by atoms with Gasteiger partial charge in [0.05, 0.1) is 0 Å². The summed E-state index contributed by atoms with van der Waals surface area (Å²) in [5.41, 5.74) is 2.78. The average molecular weight is 361 g/mol. The number of aromatic nitrogens is 2. The number of carbonyl (C=O) groups is 1. The predicted octanol–water partition coefficient (Wildman–Crippen LogP) is 4.07. The molecule has 0 N–H and O–H groups in total. The highest BCUT2D eigenvalue weighted by molar-refractivity contribution is 5.92. The number of hydrogen-bond acceptors (Lipinski definition) is 3. The molecule has 0 unspecified atom stereocenters. The standard InChI is InChI=1S/C22H23N3O2/c1-24(15-17-7-8-17)22(26)21-13-14-25(23-21)16-27-20-11-9-19(10-12-20)18-5-3-2-4-6-18/h2-6,9-14,17H,7-8,15-16H2,1H3. The summed E-state index contributed by atoms with van der Waals surface area (Å²) in [6, 6.07) is 19.9. The SMILES string of the molecule is CN(CC1CC1)C(=O)c1ccn(COc2ccc(-c3ccccc3)cc2)n1. The van der Waals surface area contributed by atoms with E-state index in [1.807, 2.05) is 49.5 Å².